The molecule has 0 aliphatic heterocycles. The zero-order chi connectivity index (χ0) is 52.8. The number of benzene rings is 2. The second-order valence-electron chi connectivity index (χ2n) is 16.3. The number of hydrogen-bond acceptors (Lipinski definition) is 10. The standard InChI is InChI=1S/C43H53F12N9O5/c1-6-32(66)63-34(36(58)68)41(5,43(53,54)55)15-29(57)25(19-61-39(48)49)22-10-8-21(9-11-22)12-30(62-37(69)35(64-33(67)7-2)40(3,4)42(50,51)52)31(65)20-59-18-26-27(44)13-23(14-28(26)45)24(16-56)17-60-38(46)47/h8-11,13-14,16-17,19,30-31,34-35,38-39,56-57,59-61,65H,6-7,12,15,18,20H2,1-5H3,(H2,58,68)(H,62,69)(H,63,66)(H,64,67)/b24-17+,25-19-,56-16?,57-29?/t30-,31-,34+,35+,41?/m0/s1. The quantitative estimate of drug-likeness (QED) is 0.0307. The molecular weight excluding hydrogens is 951 g/mol. The molecule has 0 radical (unpaired) electrons. The summed E-state index contributed by atoms with van der Waals surface area (Å²) in [4.78, 5) is 50.4. The van der Waals surface area contributed by atoms with E-state index in [1.54, 1.807) is 10.6 Å². The highest BCUT2D eigenvalue weighted by molar-refractivity contribution is 6.22. The van der Waals surface area contributed by atoms with Gasteiger partial charge in [-0.05, 0) is 56.0 Å². The number of aliphatic hydroxyl groups is 1. The van der Waals surface area contributed by atoms with Gasteiger partial charge in [0.05, 0.1) is 23.0 Å². The van der Waals surface area contributed by atoms with Crippen LogP contribution in [0.5, 0.6) is 0 Å². The minimum absolute atomic E-state index is 0.0975. The van der Waals surface area contributed by atoms with Crippen molar-refractivity contribution in [2.24, 2.45) is 16.6 Å². The molecule has 2 aromatic carbocycles. The van der Waals surface area contributed by atoms with Gasteiger partial charge in [-0.25, -0.2) is 8.78 Å². The van der Waals surface area contributed by atoms with Gasteiger partial charge in [-0.15, -0.1) is 0 Å². The van der Waals surface area contributed by atoms with Crippen LogP contribution in [-0.2, 0) is 32.1 Å². The number of primary amides is 1. The number of carbonyl (C=O) groups is 4. The van der Waals surface area contributed by atoms with Crippen LogP contribution in [-0.4, -0.2) is 96.9 Å². The largest absolute Gasteiger partial charge is 0.397 e. The second kappa shape index (κ2) is 24.9. The van der Waals surface area contributed by atoms with E-state index in [0.29, 0.717) is 39.4 Å². The number of allylic oxidation sites excluding steroid dienone is 2. The van der Waals surface area contributed by atoms with Gasteiger partial charge in [0.2, 0.25) is 23.6 Å². The number of amides is 4. The Morgan fingerprint density at radius 1 is 0.768 bits per heavy atom. The van der Waals surface area contributed by atoms with Crippen molar-refractivity contribution in [3.05, 3.63) is 82.7 Å². The number of aliphatic hydroxyl groups excluding tert-OH is 1. The van der Waals surface area contributed by atoms with Crippen LogP contribution in [0.3, 0.4) is 0 Å². The van der Waals surface area contributed by atoms with Gasteiger partial charge in [0, 0.05) is 73.4 Å². The van der Waals surface area contributed by atoms with E-state index < -0.39 is 139 Å². The predicted molar refractivity (Wildman–Crippen MR) is 229 cm³/mol. The Kier molecular flexibility index (Phi) is 21.3. The maximum atomic E-state index is 15.1. The molecule has 26 heteroatoms. The van der Waals surface area contributed by atoms with Crippen LogP contribution >= 0.6 is 0 Å². The van der Waals surface area contributed by atoms with Gasteiger partial charge in [0.15, 0.2) is 0 Å². The van der Waals surface area contributed by atoms with Gasteiger partial charge in [-0.2, -0.15) is 43.9 Å². The molecule has 0 heterocycles. The molecule has 0 spiro atoms. The van der Waals surface area contributed by atoms with Crippen molar-refractivity contribution >= 4 is 46.7 Å². The monoisotopic (exact) mass is 1000 g/mol. The van der Waals surface area contributed by atoms with Crippen LogP contribution in [0.4, 0.5) is 52.7 Å². The van der Waals surface area contributed by atoms with Crippen molar-refractivity contribution in [2.45, 2.75) is 117 Å². The van der Waals surface area contributed by atoms with E-state index in [9.17, 15) is 68.2 Å². The molecule has 0 aliphatic carbocycles. The van der Waals surface area contributed by atoms with Gasteiger partial charge < -0.3 is 53.6 Å². The average molecular weight is 1000 g/mol. The summed E-state index contributed by atoms with van der Waals surface area (Å²) in [6, 6.07) is -0.305. The number of carbonyl (C=O) groups excluding carboxylic acids is 4. The Labute approximate surface area is 388 Å². The molecule has 5 atom stereocenters. The van der Waals surface area contributed by atoms with E-state index in [1.165, 1.54) is 26.0 Å². The molecule has 0 saturated heterocycles. The molecule has 4 amide bonds. The lowest BCUT2D eigenvalue weighted by Crippen LogP contribution is -2.62. The van der Waals surface area contributed by atoms with E-state index in [1.807, 2.05) is 10.6 Å². The van der Waals surface area contributed by atoms with Crippen LogP contribution in [0.25, 0.3) is 11.1 Å². The molecule has 0 saturated carbocycles. The maximum absolute atomic E-state index is 15.1. The number of alkyl halides is 10. The third kappa shape index (κ3) is 16.2. The predicted octanol–water partition coefficient (Wildman–Crippen LogP) is 5.94. The molecule has 0 aliphatic rings. The summed E-state index contributed by atoms with van der Waals surface area (Å²) in [5.41, 5.74) is -3.90. The zero-order valence-electron chi connectivity index (χ0n) is 37.6. The SMILES string of the molecule is CCC(=O)N[C@H](C(=O)N[C@@H](Cc1ccc(/C(=C/NC(F)F)C(=N)CC(C)([C@H](NC(=O)CC)C(N)=O)C(F)(F)F)cc1)[C@@H](O)CNCc1c(F)cc(/C(C=N)=C/NC(F)F)cc1F)C(C)(C)C(F)(F)F. The van der Waals surface area contributed by atoms with Crippen molar-refractivity contribution in [3.8, 4) is 0 Å². The minimum Gasteiger partial charge on any atom is -0.390 e. The summed E-state index contributed by atoms with van der Waals surface area (Å²) in [6.07, 6.45) is -13.2. The zero-order valence-corrected chi connectivity index (χ0v) is 37.6. The van der Waals surface area contributed by atoms with Crippen molar-refractivity contribution in [2.75, 3.05) is 6.54 Å². The van der Waals surface area contributed by atoms with Crippen molar-refractivity contribution in [1.82, 2.24) is 31.9 Å². The number of rotatable bonds is 26. The van der Waals surface area contributed by atoms with Gasteiger partial charge >= 0.3 is 25.5 Å². The highest BCUT2D eigenvalue weighted by atomic mass is 19.4. The molecule has 14 nitrogen and oxygen atoms in total. The average Bonchev–Trinajstić information content (AvgIpc) is 3.24. The number of halogens is 12. The minimum atomic E-state index is -5.33. The Hall–Kier alpha value is -6.18. The highest BCUT2D eigenvalue weighted by Crippen LogP contribution is 2.45. The molecule has 2 rings (SSSR count). The van der Waals surface area contributed by atoms with E-state index in [0.717, 1.165) is 24.3 Å². The molecule has 0 bridgehead atoms. The van der Waals surface area contributed by atoms with E-state index >= 15 is 8.78 Å². The fourth-order valence-electron chi connectivity index (χ4n) is 6.54. The fraction of sp³-hybridized carbons (Fsp3) is 0.488. The third-order valence-electron chi connectivity index (χ3n) is 10.9. The normalized spacial score (nSPS) is 15.4. The van der Waals surface area contributed by atoms with Crippen LogP contribution in [0.1, 0.15) is 76.1 Å². The molecule has 2 aromatic rings. The first-order valence-corrected chi connectivity index (χ1v) is 20.7. The van der Waals surface area contributed by atoms with E-state index in [4.69, 9.17) is 16.6 Å². The van der Waals surface area contributed by atoms with Crippen LogP contribution in [0, 0.1) is 33.3 Å². The fourth-order valence-corrected chi connectivity index (χ4v) is 6.54. The summed E-state index contributed by atoms with van der Waals surface area (Å²) in [5, 5.41) is 39.3. The molecule has 1 unspecified atom stereocenters. The number of nitrogens with one attached hydrogen (secondary N) is 8. The summed E-state index contributed by atoms with van der Waals surface area (Å²) in [7, 11) is 0. The molecule has 0 fully saturated rings. The van der Waals surface area contributed by atoms with Gasteiger partial charge in [0.25, 0.3) is 0 Å². The lowest BCUT2D eigenvalue weighted by atomic mass is 9.74. The summed E-state index contributed by atoms with van der Waals surface area (Å²) in [5.74, 6) is -7.48. The number of hydrogen-bond donors (Lipinski definition) is 10. The van der Waals surface area contributed by atoms with Gasteiger partial charge in [0.1, 0.15) is 23.7 Å². The third-order valence-corrected chi connectivity index (χ3v) is 10.9. The van der Waals surface area contributed by atoms with Crippen LogP contribution < -0.4 is 37.6 Å². The topological polar surface area (TPSA) is 234 Å². The Bertz CT molecular complexity index is 2180. The van der Waals surface area contributed by atoms with Crippen molar-refractivity contribution in [3.63, 3.8) is 0 Å². The lowest BCUT2D eigenvalue weighted by Gasteiger charge is -2.38. The second-order valence-corrected chi connectivity index (χ2v) is 16.3. The Balaban J connectivity index is 2.62. The highest BCUT2D eigenvalue weighted by Gasteiger charge is 2.59. The smallest absolute Gasteiger partial charge is 0.390 e. The first-order valence-electron chi connectivity index (χ1n) is 20.7. The maximum Gasteiger partial charge on any atom is 0.397 e. The summed E-state index contributed by atoms with van der Waals surface area (Å²) in [6.45, 7) is -3.39. The molecule has 384 valence electrons. The lowest BCUT2D eigenvalue weighted by molar-refractivity contribution is -0.224. The molecule has 69 heavy (non-hydrogen) atoms. The first kappa shape index (κ1) is 58.9. The summed E-state index contributed by atoms with van der Waals surface area (Å²) < 4.78 is 169. The first-order chi connectivity index (χ1) is 31.8. The molecular formula is C43H53F12N9O5. The Morgan fingerprint density at radius 3 is 1.72 bits per heavy atom. The van der Waals surface area contributed by atoms with E-state index in [-0.39, 0.29) is 35.1 Å². The Morgan fingerprint density at radius 2 is 1.28 bits per heavy atom. The van der Waals surface area contributed by atoms with E-state index in [2.05, 4.69) is 10.6 Å². The molecule has 0 aromatic heterocycles. The van der Waals surface area contributed by atoms with Gasteiger partial charge in [-0.1, -0.05) is 38.1 Å². The van der Waals surface area contributed by atoms with Crippen LogP contribution in [0.2, 0.25) is 0 Å². The van der Waals surface area contributed by atoms with Crippen molar-refractivity contribution < 1.29 is 77.0 Å². The number of nitrogens with two attached hydrogens (primary N) is 1. The summed E-state index contributed by atoms with van der Waals surface area (Å²) >= 11 is 0. The van der Waals surface area contributed by atoms with Crippen molar-refractivity contribution in [1.29, 1.82) is 10.8 Å². The van der Waals surface area contributed by atoms with Crippen LogP contribution in [0.15, 0.2) is 48.8 Å². The van der Waals surface area contributed by atoms with Gasteiger partial charge in [-0.3, -0.25) is 19.2 Å². The molecule has 11 N–H and O–H groups in total.